The Morgan fingerprint density at radius 1 is 1.17 bits per heavy atom. The molecule has 0 saturated carbocycles. The highest BCUT2D eigenvalue weighted by molar-refractivity contribution is 7.89. The normalized spacial score (nSPS) is 12.5. The Morgan fingerprint density at radius 3 is 2.52 bits per heavy atom. The number of nitrogens with zero attached hydrogens (tertiary/aromatic N) is 2. The minimum Gasteiger partial charge on any atom is -0.465 e. The molecule has 0 bridgehead atoms. The van der Waals surface area contributed by atoms with E-state index in [-0.39, 0.29) is 17.9 Å². The summed E-state index contributed by atoms with van der Waals surface area (Å²) >= 11 is 0. The van der Waals surface area contributed by atoms with Crippen LogP contribution >= 0.6 is 0 Å². The second-order valence-electron chi connectivity index (χ2n) is 6.13. The standard InChI is InChI=1S/C18H16F3N3O4S/c1-24(29(26,27)14-9-4-3-7-12(14)18(19,20)21)10-15-22-13-8-5-6-11(16(13)23-15)17(25)28-2/h3-9H,10H2,1-2H3,(H,22,23). The van der Waals surface area contributed by atoms with Gasteiger partial charge in [-0.2, -0.15) is 17.5 Å². The molecule has 3 rings (SSSR count). The highest BCUT2D eigenvalue weighted by Crippen LogP contribution is 2.35. The third-order valence-corrected chi connectivity index (χ3v) is 6.09. The Labute approximate surface area is 164 Å². The number of halogens is 3. The molecule has 0 aliphatic heterocycles. The Balaban J connectivity index is 1.97. The maximum Gasteiger partial charge on any atom is 0.417 e. The lowest BCUT2D eigenvalue weighted by Crippen LogP contribution is -2.29. The molecule has 1 N–H and O–H groups in total. The van der Waals surface area contributed by atoms with Crippen LogP contribution in [0.25, 0.3) is 11.0 Å². The molecule has 154 valence electrons. The third-order valence-electron chi connectivity index (χ3n) is 4.23. The molecule has 0 aliphatic carbocycles. The van der Waals surface area contributed by atoms with Crippen molar-refractivity contribution in [3.8, 4) is 0 Å². The maximum atomic E-state index is 13.2. The van der Waals surface area contributed by atoms with Crippen LogP contribution in [0.3, 0.4) is 0 Å². The topological polar surface area (TPSA) is 92.4 Å². The first kappa shape index (κ1) is 20.8. The summed E-state index contributed by atoms with van der Waals surface area (Å²) in [5.41, 5.74) is -0.304. The zero-order valence-electron chi connectivity index (χ0n) is 15.3. The summed E-state index contributed by atoms with van der Waals surface area (Å²) in [6, 6.07) is 8.66. The Kier molecular flexibility index (Phi) is 5.37. The number of para-hydroxylation sites is 1. The Hall–Kier alpha value is -2.92. The van der Waals surface area contributed by atoms with E-state index >= 15 is 0 Å². The molecule has 0 spiro atoms. The van der Waals surface area contributed by atoms with Crippen LogP contribution in [0.5, 0.6) is 0 Å². The molecule has 0 aliphatic rings. The van der Waals surface area contributed by atoms with Crippen molar-refractivity contribution in [2.75, 3.05) is 14.2 Å². The number of hydrogen-bond donors (Lipinski definition) is 1. The number of sulfonamides is 1. The van der Waals surface area contributed by atoms with Crippen molar-refractivity contribution in [1.29, 1.82) is 0 Å². The van der Waals surface area contributed by atoms with Crippen LogP contribution < -0.4 is 0 Å². The number of fused-ring (bicyclic) bond motifs is 1. The second kappa shape index (κ2) is 7.48. The fourth-order valence-electron chi connectivity index (χ4n) is 2.83. The van der Waals surface area contributed by atoms with Gasteiger partial charge < -0.3 is 9.72 Å². The number of esters is 1. The van der Waals surface area contributed by atoms with E-state index in [1.807, 2.05) is 0 Å². The van der Waals surface area contributed by atoms with Gasteiger partial charge in [-0.1, -0.05) is 18.2 Å². The number of H-pyrrole nitrogens is 1. The molecule has 2 aromatic carbocycles. The molecule has 0 radical (unpaired) electrons. The van der Waals surface area contributed by atoms with E-state index in [1.165, 1.54) is 19.2 Å². The zero-order chi connectivity index (χ0) is 21.4. The van der Waals surface area contributed by atoms with Gasteiger partial charge in [-0.15, -0.1) is 0 Å². The minimum atomic E-state index is -4.82. The number of methoxy groups -OCH3 is 1. The molecule has 0 saturated heterocycles. The van der Waals surface area contributed by atoms with E-state index < -0.39 is 32.6 Å². The van der Waals surface area contributed by atoms with E-state index in [2.05, 4.69) is 9.97 Å². The van der Waals surface area contributed by atoms with Crippen LogP contribution in [0.4, 0.5) is 13.2 Å². The smallest absolute Gasteiger partial charge is 0.417 e. The van der Waals surface area contributed by atoms with Gasteiger partial charge in [0, 0.05) is 7.05 Å². The molecule has 3 aromatic rings. The van der Waals surface area contributed by atoms with Gasteiger partial charge in [0.15, 0.2) is 0 Å². The molecule has 0 unspecified atom stereocenters. The molecule has 1 heterocycles. The summed E-state index contributed by atoms with van der Waals surface area (Å²) in [6.45, 7) is -0.330. The number of ether oxygens (including phenoxy) is 1. The largest absolute Gasteiger partial charge is 0.465 e. The number of aromatic amines is 1. The number of benzene rings is 2. The van der Waals surface area contributed by atoms with Gasteiger partial charge >= 0.3 is 12.1 Å². The van der Waals surface area contributed by atoms with Crippen molar-refractivity contribution in [3.05, 3.63) is 59.4 Å². The lowest BCUT2D eigenvalue weighted by molar-refractivity contribution is -0.139. The summed E-state index contributed by atoms with van der Waals surface area (Å²) < 4.78 is 70.6. The van der Waals surface area contributed by atoms with E-state index in [0.29, 0.717) is 17.1 Å². The lowest BCUT2D eigenvalue weighted by Gasteiger charge is -2.19. The predicted molar refractivity (Wildman–Crippen MR) is 97.5 cm³/mol. The van der Waals surface area contributed by atoms with Crippen molar-refractivity contribution in [2.24, 2.45) is 0 Å². The van der Waals surface area contributed by atoms with Crippen LogP contribution in [0, 0.1) is 0 Å². The highest BCUT2D eigenvalue weighted by Gasteiger charge is 2.38. The fourth-order valence-corrected chi connectivity index (χ4v) is 4.17. The molecule has 11 heteroatoms. The van der Waals surface area contributed by atoms with Crippen LogP contribution in [0.1, 0.15) is 21.7 Å². The van der Waals surface area contributed by atoms with Crippen molar-refractivity contribution in [3.63, 3.8) is 0 Å². The molecule has 0 amide bonds. The van der Waals surface area contributed by atoms with Crippen LogP contribution in [0.15, 0.2) is 47.4 Å². The van der Waals surface area contributed by atoms with Crippen LogP contribution in [-0.4, -0.2) is 42.8 Å². The number of imidazole rings is 1. The quantitative estimate of drug-likeness (QED) is 0.632. The van der Waals surface area contributed by atoms with Gasteiger partial charge in [0.2, 0.25) is 10.0 Å². The average Bonchev–Trinajstić information content (AvgIpc) is 3.09. The van der Waals surface area contributed by atoms with Gasteiger partial charge in [0.1, 0.15) is 5.82 Å². The van der Waals surface area contributed by atoms with Crippen molar-refractivity contribution >= 4 is 27.0 Å². The first-order valence-corrected chi connectivity index (χ1v) is 9.68. The first-order valence-electron chi connectivity index (χ1n) is 8.24. The maximum absolute atomic E-state index is 13.2. The molecule has 29 heavy (non-hydrogen) atoms. The summed E-state index contributed by atoms with van der Waals surface area (Å²) in [5, 5.41) is 0. The number of aromatic nitrogens is 2. The monoisotopic (exact) mass is 427 g/mol. The van der Waals surface area contributed by atoms with Crippen molar-refractivity contribution in [2.45, 2.75) is 17.6 Å². The van der Waals surface area contributed by atoms with E-state index in [1.54, 1.807) is 12.1 Å². The SMILES string of the molecule is COC(=O)c1cccc2nc(CN(C)S(=O)(=O)c3ccccc3C(F)(F)F)[nH]c12. The summed E-state index contributed by atoms with van der Waals surface area (Å²) in [4.78, 5) is 18.1. The number of alkyl halides is 3. The molecule has 1 aromatic heterocycles. The summed E-state index contributed by atoms with van der Waals surface area (Å²) in [6.07, 6.45) is -4.82. The fraction of sp³-hybridized carbons (Fsp3) is 0.222. The van der Waals surface area contributed by atoms with Gasteiger partial charge in [0.05, 0.1) is 40.7 Å². The predicted octanol–water partition coefficient (Wildman–Crippen LogP) is 3.19. The van der Waals surface area contributed by atoms with Gasteiger partial charge in [-0.3, -0.25) is 0 Å². The molecule has 7 nitrogen and oxygen atoms in total. The zero-order valence-corrected chi connectivity index (χ0v) is 16.1. The summed E-state index contributed by atoms with van der Waals surface area (Å²) in [5.74, 6) is -0.446. The second-order valence-corrected chi connectivity index (χ2v) is 8.14. The third kappa shape index (κ3) is 3.96. The lowest BCUT2D eigenvalue weighted by atomic mass is 10.2. The molecular formula is C18H16F3N3O4S. The number of nitrogens with one attached hydrogen (secondary N) is 1. The van der Waals surface area contributed by atoms with Gasteiger partial charge in [0.25, 0.3) is 0 Å². The summed E-state index contributed by atoms with van der Waals surface area (Å²) in [7, 11) is -2.09. The minimum absolute atomic E-state index is 0.159. The van der Waals surface area contributed by atoms with Gasteiger partial charge in [-0.25, -0.2) is 18.2 Å². The van der Waals surface area contributed by atoms with Crippen molar-refractivity contribution < 1.29 is 31.1 Å². The molecule has 0 atom stereocenters. The van der Waals surface area contributed by atoms with Gasteiger partial charge in [-0.05, 0) is 24.3 Å². The Morgan fingerprint density at radius 2 is 1.86 bits per heavy atom. The van der Waals surface area contributed by atoms with E-state index in [4.69, 9.17) is 4.74 Å². The average molecular weight is 427 g/mol. The van der Waals surface area contributed by atoms with Crippen molar-refractivity contribution in [1.82, 2.24) is 14.3 Å². The van der Waals surface area contributed by atoms with Crippen LogP contribution in [-0.2, 0) is 27.5 Å². The van der Waals surface area contributed by atoms with E-state index in [9.17, 15) is 26.4 Å². The number of rotatable bonds is 5. The number of carbonyl (C=O) groups excluding carboxylic acids is 1. The first-order chi connectivity index (χ1) is 13.6. The number of hydrogen-bond acceptors (Lipinski definition) is 5. The van der Waals surface area contributed by atoms with E-state index in [0.717, 1.165) is 23.5 Å². The Bertz CT molecular complexity index is 1170. The number of carbonyl (C=O) groups is 1. The highest BCUT2D eigenvalue weighted by atomic mass is 32.2. The molecular weight excluding hydrogens is 411 g/mol. The van der Waals surface area contributed by atoms with Crippen LogP contribution in [0.2, 0.25) is 0 Å². The molecule has 0 fully saturated rings.